The summed E-state index contributed by atoms with van der Waals surface area (Å²) in [4.78, 5) is 0. The second-order valence-corrected chi connectivity index (χ2v) is 9.76. The number of benzene rings is 1. The van der Waals surface area contributed by atoms with Crippen molar-refractivity contribution in [2.24, 2.45) is 23.7 Å². The highest BCUT2D eigenvalue weighted by Gasteiger charge is 2.30. The van der Waals surface area contributed by atoms with Gasteiger partial charge >= 0.3 is 0 Å². The molecule has 2 fully saturated rings. The molecule has 0 amide bonds. The molecular weight excluding hydrogens is 350 g/mol. The average Bonchev–Trinajstić information content (AvgIpc) is 2.77. The second kappa shape index (κ2) is 12.2. The molecule has 0 radical (unpaired) electrons. The van der Waals surface area contributed by atoms with Crippen molar-refractivity contribution in [3.63, 3.8) is 0 Å². The van der Waals surface area contributed by atoms with E-state index in [1.54, 1.807) is 6.08 Å². The third-order valence-electron chi connectivity index (χ3n) is 7.71. The molecule has 0 atom stereocenters. The molecule has 0 aromatic heterocycles. The molecule has 158 valence electrons. The maximum Gasteiger partial charge on any atom is 0.0908 e. The summed E-state index contributed by atoms with van der Waals surface area (Å²) in [6, 6.07) is 11.5. The van der Waals surface area contributed by atoms with Crippen molar-refractivity contribution >= 4 is 0 Å². The van der Waals surface area contributed by atoms with Gasteiger partial charge in [0, 0.05) is 6.08 Å². The van der Waals surface area contributed by atoms with Crippen LogP contribution in [0.25, 0.3) is 0 Å². The van der Waals surface area contributed by atoms with Crippen molar-refractivity contribution in [3.05, 3.63) is 47.5 Å². The third-order valence-corrected chi connectivity index (χ3v) is 7.71. The molecule has 2 aliphatic rings. The van der Waals surface area contributed by atoms with Crippen LogP contribution in [0.4, 0.5) is 0 Å². The first-order valence-corrected chi connectivity index (χ1v) is 12.4. The van der Waals surface area contributed by atoms with E-state index in [0.29, 0.717) is 5.92 Å². The molecule has 0 unspecified atom stereocenters. The summed E-state index contributed by atoms with van der Waals surface area (Å²) in [5.74, 6) is 3.63. The van der Waals surface area contributed by atoms with E-state index in [0.717, 1.165) is 17.8 Å². The van der Waals surface area contributed by atoms with Crippen molar-refractivity contribution in [1.29, 1.82) is 5.26 Å². The molecule has 0 bridgehead atoms. The lowest BCUT2D eigenvalue weighted by atomic mass is 9.68. The summed E-state index contributed by atoms with van der Waals surface area (Å²) in [5.41, 5.74) is 3.01. The summed E-state index contributed by atoms with van der Waals surface area (Å²) in [5, 5.41) is 8.70. The minimum Gasteiger partial charge on any atom is -0.193 e. The molecule has 0 heterocycles. The SMILES string of the molecule is CCCc1ccc(CCCC[C@H]2CC[C@H]([C@H]3CC[C@H](C=CC#N)CC3)CC2)cc1. The lowest BCUT2D eigenvalue weighted by molar-refractivity contribution is 0.151. The minimum absolute atomic E-state index is 0.671. The topological polar surface area (TPSA) is 23.8 Å². The number of nitriles is 1. The van der Waals surface area contributed by atoms with Gasteiger partial charge in [0.05, 0.1) is 6.07 Å². The van der Waals surface area contributed by atoms with Crippen molar-refractivity contribution in [3.8, 4) is 6.07 Å². The number of hydrogen-bond donors (Lipinski definition) is 0. The van der Waals surface area contributed by atoms with Gasteiger partial charge in [0.15, 0.2) is 0 Å². The lowest BCUT2D eigenvalue weighted by Crippen LogP contribution is -2.25. The van der Waals surface area contributed by atoms with Crippen molar-refractivity contribution in [2.75, 3.05) is 0 Å². The van der Waals surface area contributed by atoms with E-state index in [1.807, 2.05) is 0 Å². The van der Waals surface area contributed by atoms with Crippen LogP contribution in [-0.2, 0) is 12.8 Å². The van der Waals surface area contributed by atoms with Gasteiger partial charge in [0.1, 0.15) is 0 Å². The van der Waals surface area contributed by atoms with Gasteiger partial charge in [0.25, 0.3) is 0 Å². The van der Waals surface area contributed by atoms with Gasteiger partial charge < -0.3 is 0 Å². The van der Waals surface area contributed by atoms with E-state index in [2.05, 4.69) is 43.3 Å². The zero-order chi connectivity index (χ0) is 20.3. The van der Waals surface area contributed by atoms with E-state index < -0.39 is 0 Å². The molecule has 1 aromatic rings. The highest BCUT2D eigenvalue weighted by Crippen LogP contribution is 2.42. The Bertz CT molecular complexity index is 634. The molecule has 2 saturated carbocycles. The predicted molar refractivity (Wildman–Crippen MR) is 124 cm³/mol. The largest absolute Gasteiger partial charge is 0.193 e. The Morgan fingerprint density at radius 3 is 2.00 bits per heavy atom. The Labute approximate surface area is 179 Å². The zero-order valence-electron chi connectivity index (χ0n) is 18.6. The van der Waals surface area contributed by atoms with Crippen molar-refractivity contribution in [1.82, 2.24) is 0 Å². The van der Waals surface area contributed by atoms with Crippen LogP contribution in [0.3, 0.4) is 0 Å². The molecule has 0 spiro atoms. The Kier molecular flexibility index (Phi) is 9.33. The standard InChI is InChI=1S/C28H41N/c1-2-6-23-10-12-24(13-11-23)7-3-4-8-25-14-18-27(19-15-25)28-20-16-26(17-21-28)9-5-22-29/h5,9-13,25-28H,2-4,6-8,14-21H2,1H3/t25-,26-,27-,28-. The molecule has 0 aliphatic heterocycles. The first kappa shape index (κ1) is 22.1. The normalized spacial score (nSPS) is 27.7. The fraction of sp³-hybridized carbons (Fsp3) is 0.679. The number of rotatable bonds is 9. The van der Waals surface area contributed by atoms with Crippen LogP contribution >= 0.6 is 0 Å². The summed E-state index contributed by atoms with van der Waals surface area (Å²) < 4.78 is 0. The van der Waals surface area contributed by atoms with Crippen LogP contribution in [0.5, 0.6) is 0 Å². The summed E-state index contributed by atoms with van der Waals surface area (Å²) in [6.07, 6.45) is 23.1. The van der Waals surface area contributed by atoms with Crippen LogP contribution in [0.1, 0.15) is 95.1 Å². The van der Waals surface area contributed by atoms with Gasteiger partial charge in [0.2, 0.25) is 0 Å². The quantitative estimate of drug-likeness (QED) is 0.308. The van der Waals surface area contributed by atoms with Gasteiger partial charge in [-0.3, -0.25) is 0 Å². The third kappa shape index (κ3) is 7.33. The Balaban J connectivity index is 1.27. The number of aryl methyl sites for hydroxylation is 2. The first-order chi connectivity index (χ1) is 14.3. The van der Waals surface area contributed by atoms with Gasteiger partial charge in [-0.1, -0.05) is 69.4 Å². The van der Waals surface area contributed by atoms with E-state index in [4.69, 9.17) is 5.26 Å². The number of nitrogens with zero attached hydrogens (tertiary/aromatic N) is 1. The monoisotopic (exact) mass is 391 g/mol. The molecule has 3 rings (SSSR count). The van der Waals surface area contributed by atoms with Gasteiger partial charge in [-0.25, -0.2) is 0 Å². The first-order valence-electron chi connectivity index (χ1n) is 12.4. The van der Waals surface area contributed by atoms with Crippen LogP contribution in [0.2, 0.25) is 0 Å². The maximum atomic E-state index is 8.70. The van der Waals surface area contributed by atoms with Crippen LogP contribution in [0, 0.1) is 35.0 Å². The van der Waals surface area contributed by atoms with E-state index in [-0.39, 0.29) is 0 Å². The van der Waals surface area contributed by atoms with Crippen LogP contribution in [-0.4, -0.2) is 0 Å². The highest BCUT2D eigenvalue weighted by atomic mass is 14.4. The molecule has 1 nitrogen and oxygen atoms in total. The Hall–Kier alpha value is -1.55. The minimum atomic E-state index is 0.671. The molecule has 1 aromatic carbocycles. The van der Waals surface area contributed by atoms with Gasteiger partial charge in [-0.2, -0.15) is 5.26 Å². The van der Waals surface area contributed by atoms with Crippen molar-refractivity contribution < 1.29 is 0 Å². The smallest absolute Gasteiger partial charge is 0.0908 e. The van der Waals surface area contributed by atoms with E-state index in [9.17, 15) is 0 Å². The number of unbranched alkanes of at least 4 members (excludes halogenated alkanes) is 1. The molecule has 1 heteroatoms. The Morgan fingerprint density at radius 2 is 1.41 bits per heavy atom. The molecular formula is C28H41N. The van der Waals surface area contributed by atoms with Gasteiger partial charge in [-0.15, -0.1) is 0 Å². The zero-order valence-corrected chi connectivity index (χ0v) is 18.6. The molecule has 0 saturated heterocycles. The Morgan fingerprint density at radius 1 is 0.828 bits per heavy atom. The number of allylic oxidation sites excluding steroid dienone is 2. The summed E-state index contributed by atoms with van der Waals surface area (Å²) in [6.45, 7) is 2.25. The lowest BCUT2D eigenvalue weighted by Gasteiger charge is -2.37. The molecule has 2 aliphatic carbocycles. The average molecular weight is 392 g/mol. The number of hydrogen-bond acceptors (Lipinski definition) is 1. The van der Waals surface area contributed by atoms with Crippen LogP contribution < -0.4 is 0 Å². The fourth-order valence-corrected chi connectivity index (χ4v) is 5.86. The highest BCUT2D eigenvalue weighted by molar-refractivity contribution is 5.22. The second-order valence-electron chi connectivity index (χ2n) is 9.76. The summed E-state index contributed by atoms with van der Waals surface area (Å²) >= 11 is 0. The molecule has 0 N–H and O–H groups in total. The molecule has 29 heavy (non-hydrogen) atoms. The van der Waals surface area contributed by atoms with Crippen molar-refractivity contribution in [2.45, 2.75) is 96.8 Å². The maximum absolute atomic E-state index is 8.70. The fourth-order valence-electron chi connectivity index (χ4n) is 5.86. The van der Waals surface area contributed by atoms with Gasteiger partial charge in [-0.05, 0) is 92.6 Å². The van der Waals surface area contributed by atoms with Crippen LogP contribution in [0.15, 0.2) is 36.4 Å². The van der Waals surface area contributed by atoms with E-state index in [1.165, 1.54) is 101 Å². The van der Waals surface area contributed by atoms with E-state index >= 15 is 0 Å². The predicted octanol–water partition coefficient (Wildman–Crippen LogP) is 8.04. The summed E-state index contributed by atoms with van der Waals surface area (Å²) in [7, 11) is 0.